The van der Waals surface area contributed by atoms with Crippen LogP contribution in [0.1, 0.15) is 20.7 Å². The molecule has 0 unspecified atom stereocenters. The summed E-state index contributed by atoms with van der Waals surface area (Å²) in [5, 5.41) is 2.31. The Hall–Kier alpha value is -2.42. The number of hydrogen-bond acceptors (Lipinski definition) is 2. The molecule has 0 aromatic heterocycles. The first-order valence-electron chi connectivity index (χ1n) is 6.65. The summed E-state index contributed by atoms with van der Waals surface area (Å²) in [6.45, 7) is 0. The van der Waals surface area contributed by atoms with Crippen molar-refractivity contribution < 1.29 is 26.7 Å². The van der Waals surface area contributed by atoms with E-state index in [1.54, 1.807) is 12.1 Å². The number of hydrogen-bond donors (Lipinski definition) is 1. The third-order valence-corrected chi connectivity index (χ3v) is 3.29. The van der Waals surface area contributed by atoms with Crippen LogP contribution in [0.15, 0.2) is 72.8 Å². The summed E-state index contributed by atoms with van der Waals surface area (Å²) in [7, 11) is 0. The SMILES string of the molecule is O=C1NC(=O)c2c1cccc2-[c-]1cccc1.[Fe+2].c1cc[cH-]c1. The minimum Gasteiger partial charge on any atom is -0.295 e. The number of amides is 2. The van der Waals surface area contributed by atoms with Gasteiger partial charge in [-0.2, -0.15) is 30.3 Å². The van der Waals surface area contributed by atoms with Crippen molar-refractivity contribution in [2.45, 2.75) is 0 Å². The van der Waals surface area contributed by atoms with E-state index in [4.69, 9.17) is 0 Å². The maximum Gasteiger partial charge on any atom is 2.00 e. The minimum absolute atomic E-state index is 0. The van der Waals surface area contributed by atoms with Crippen LogP contribution in [0, 0.1) is 0 Å². The Kier molecular flexibility index (Phi) is 5.10. The number of fused-ring (bicyclic) bond motifs is 1. The van der Waals surface area contributed by atoms with Crippen LogP contribution >= 0.6 is 0 Å². The monoisotopic (exact) mass is 331 g/mol. The molecule has 0 saturated carbocycles. The molecule has 4 rings (SSSR count). The molecule has 0 aliphatic carbocycles. The van der Waals surface area contributed by atoms with Crippen molar-refractivity contribution in [3.8, 4) is 11.1 Å². The van der Waals surface area contributed by atoms with E-state index in [2.05, 4.69) is 5.32 Å². The third-order valence-electron chi connectivity index (χ3n) is 3.29. The predicted molar refractivity (Wildman–Crippen MR) is 81.3 cm³/mol. The Bertz CT molecular complexity index is 741. The molecule has 2 amide bonds. The van der Waals surface area contributed by atoms with Crippen molar-refractivity contribution in [2.24, 2.45) is 0 Å². The van der Waals surface area contributed by atoms with Gasteiger partial charge in [0, 0.05) is 5.56 Å². The number of nitrogens with one attached hydrogen (secondary N) is 1. The fraction of sp³-hybridized carbons (Fsp3) is 0. The van der Waals surface area contributed by atoms with Crippen LogP contribution in [0.4, 0.5) is 0 Å². The number of imide groups is 1. The van der Waals surface area contributed by atoms with E-state index in [0.29, 0.717) is 11.1 Å². The van der Waals surface area contributed by atoms with Crippen LogP contribution in [0.2, 0.25) is 0 Å². The molecule has 0 atom stereocenters. The van der Waals surface area contributed by atoms with Crippen LogP contribution in [-0.4, -0.2) is 11.8 Å². The molecule has 0 saturated heterocycles. The van der Waals surface area contributed by atoms with Gasteiger partial charge in [0.2, 0.25) is 5.91 Å². The van der Waals surface area contributed by atoms with Crippen molar-refractivity contribution in [1.29, 1.82) is 0 Å². The van der Waals surface area contributed by atoms with E-state index in [9.17, 15) is 9.59 Å². The van der Waals surface area contributed by atoms with E-state index in [1.807, 2.05) is 60.7 Å². The summed E-state index contributed by atoms with van der Waals surface area (Å²) < 4.78 is 0. The minimum atomic E-state index is -0.312. The topological polar surface area (TPSA) is 46.2 Å². The standard InChI is InChI=1S/C13H8NO2.C5H5.Fe/c15-12-10-7-3-6-9(8-4-1-2-5-8)11(10)13(16)14-12;1-2-4-5-3-1;/h1-7H,(H,14,15,16);1-5H;/q2*-1;+2. The van der Waals surface area contributed by atoms with Crippen molar-refractivity contribution in [3.05, 3.63) is 83.9 Å². The molecule has 22 heavy (non-hydrogen) atoms. The first kappa shape index (κ1) is 16.0. The molecule has 0 fully saturated rings. The maximum absolute atomic E-state index is 11.7. The van der Waals surface area contributed by atoms with Gasteiger partial charge < -0.3 is 0 Å². The van der Waals surface area contributed by atoms with Gasteiger partial charge in [0.1, 0.15) is 0 Å². The average Bonchev–Trinajstić information content (AvgIpc) is 3.23. The Morgan fingerprint density at radius 2 is 1.55 bits per heavy atom. The van der Waals surface area contributed by atoms with Crippen LogP contribution < -0.4 is 5.32 Å². The summed E-state index contributed by atoms with van der Waals surface area (Å²) in [5.41, 5.74) is 2.72. The number of carbonyl (C=O) groups excluding carboxylic acids is 2. The molecular formula is C18H13FeNO2. The molecule has 1 heterocycles. The molecule has 3 aromatic carbocycles. The maximum atomic E-state index is 11.7. The van der Waals surface area contributed by atoms with Gasteiger partial charge in [-0.1, -0.05) is 17.7 Å². The van der Waals surface area contributed by atoms with E-state index >= 15 is 0 Å². The van der Waals surface area contributed by atoms with Crippen LogP contribution in [-0.2, 0) is 17.1 Å². The summed E-state index contributed by atoms with van der Waals surface area (Å²) in [6, 6.07) is 23.0. The molecule has 0 bridgehead atoms. The van der Waals surface area contributed by atoms with Crippen molar-refractivity contribution in [1.82, 2.24) is 5.32 Å². The van der Waals surface area contributed by atoms with E-state index < -0.39 is 0 Å². The molecular weight excluding hydrogens is 318 g/mol. The van der Waals surface area contributed by atoms with Crippen LogP contribution in [0.3, 0.4) is 0 Å². The second kappa shape index (κ2) is 7.03. The Morgan fingerprint density at radius 3 is 2.14 bits per heavy atom. The van der Waals surface area contributed by atoms with Gasteiger partial charge in [-0.15, -0.1) is 23.8 Å². The van der Waals surface area contributed by atoms with Gasteiger partial charge in [0.15, 0.2) is 0 Å². The summed E-state index contributed by atoms with van der Waals surface area (Å²) in [5.74, 6) is -0.620. The number of rotatable bonds is 1. The zero-order valence-corrected chi connectivity index (χ0v) is 12.7. The molecule has 0 spiro atoms. The Balaban J connectivity index is 0.000000253. The number of carbonyl (C=O) groups is 2. The van der Waals surface area contributed by atoms with E-state index in [1.165, 1.54) is 0 Å². The average molecular weight is 331 g/mol. The third kappa shape index (κ3) is 3.08. The normalized spacial score (nSPS) is 11.8. The van der Waals surface area contributed by atoms with Crippen LogP contribution in [0.5, 0.6) is 0 Å². The fourth-order valence-electron chi connectivity index (χ4n) is 2.33. The molecule has 1 aliphatic rings. The van der Waals surface area contributed by atoms with Crippen molar-refractivity contribution in [3.63, 3.8) is 0 Å². The Morgan fingerprint density at radius 1 is 0.864 bits per heavy atom. The second-order valence-electron chi connectivity index (χ2n) is 4.65. The van der Waals surface area contributed by atoms with Gasteiger partial charge in [-0.25, -0.2) is 12.1 Å². The van der Waals surface area contributed by atoms with Gasteiger partial charge >= 0.3 is 17.1 Å². The molecule has 0 radical (unpaired) electrons. The molecule has 1 N–H and O–H groups in total. The first-order valence-corrected chi connectivity index (χ1v) is 6.65. The second-order valence-corrected chi connectivity index (χ2v) is 4.65. The zero-order valence-electron chi connectivity index (χ0n) is 11.6. The fourth-order valence-corrected chi connectivity index (χ4v) is 2.33. The molecule has 110 valence electrons. The molecule has 3 nitrogen and oxygen atoms in total. The van der Waals surface area contributed by atoms with Gasteiger partial charge in [-0.3, -0.25) is 14.9 Å². The predicted octanol–water partition coefficient (Wildman–Crippen LogP) is 3.36. The molecule has 1 aliphatic heterocycles. The largest absolute Gasteiger partial charge is 2.00 e. The smallest absolute Gasteiger partial charge is 0.295 e. The Labute approximate surface area is 139 Å². The summed E-state index contributed by atoms with van der Waals surface area (Å²) in [6.07, 6.45) is 0. The number of benzene rings is 1. The first-order chi connectivity index (χ1) is 10.3. The molecule has 4 heteroatoms. The van der Waals surface area contributed by atoms with E-state index in [-0.39, 0.29) is 28.9 Å². The van der Waals surface area contributed by atoms with Gasteiger partial charge in [0.25, 0.3) is 5.91 Å². The van der Waals surface area contributed by atoms with Crippen molar-refractivity contribution >= 4 is 11.8 Å². The van der Waals surface area contributed by atoms with Gasteiger partial charge in [-0.05, 0) is 5.56 Å². The molecule has 3 aromatic rings. The van der Waals surface area contributed by atoms with Crippen LogP contribution in [0.25, 0.3) is 11.1 Å². The van der Waals surface area contributed by atoms with Crippen molar-refractivity contribution in [2.75, 3.05) is 0 Å². The quantitative estimate of drug-likeness (QED) is 0.422. The summed E-state index contributed by atoms with van der Waals surface area (Å²) in [4.78, 5) is 23.1. The summed E-state index contributed by atoms with van der Waals surface area (Å²) >= 11 is 0. The van der Waals surface area contributed by atoms with E-state index in [0.717, 1.165) is 11.1 Å². The van der Waals surface area contributed by atoms with Gasteiger partial charge in [0.05, 0.1) is 0 Å². The zero-order chi connectivity index (χ0) is 14.7.